The lowest BCUT2D eigenvalue weighted by Gasteiger charge is -2.24. The molecule has 6 heteroatoms. The molecule has 1 aliphatic heterocycles. The van der Waals surface area contributed by atoms with Gasteiger partial charge in [0, 0.05) is 18.7 Å². The Hall–Kier alpha value is -1.95. The third kappa shape index (κ3) is 2.76. The first-order valence-corrected chi connectivity index (χ1v) is 6.87. The molecule has 21 heavy (non-hydrogen) atoms. The van der Waals surface area contributed by atoms with Crippen molar-refractivity contribution in [3.63, 3.8) is 0 Å². The Kier molecular flexibility index (Phi) is 3.53. The minimum absolute atomic E-state index is 0.0347. The molecule has 0 saturated heterocycles. The summed E-state index contributed by atoms with van der Waals surface area (Å²) in [7, 11) is 0. The number of carbonyl (C=O) groups excluding carboxylic acids is 1. The minimum Gasteiger partial charge on any atom is -0.390 e. The number of hydrogen-bond acceptors (Lipinski definition) is 4. The smallest absolute Gasteiger partial charge is 0.271 e. The first-order chi connectivity index (χ1) is 9.54. The number of nitro groups is 1. The molecular weight excluding hydrogens is 272 g/mol. The van der Waals surface area contributed by atoms with Gasteiger partial charge in [0.05, 0.1) is 21.6 Å². The number of aliphatic hydroxyl groups is 1. The predicted octanol–water partition coefficient (Wildman–Crippen LogP) is 2.38. The molecular formula is C15H20N2O4. The van der Waals surface area contributed by atoms with Crippen molar-refractivity contribution in [3.8, 4) is 0 Å². The van der Waals surface area contributed by atoms with E-state index in [0.717, 1.165) is 5.56 Å². The molecule has 0 aromatic heterocycles. The zero-order valence-electron chi connectivity index (χ0n) is 12.7. The highest BCUT2D eigenvalue weighted by Gasteiger charge is 2.44. The van der Waals surface area contributed by atoms with Gasteiger partial charge >= 0.3 is 0 Å². The molecule has 1 N–H and O–H groups in total. The molecule has 0 aliphatic carbocycles. The summed E-state index contributed by atoms with van der Waals surface area (Å²) in [4.78, 5) is 24.6. The zero-order chi connectivity index (χ0) is 16.0. The van der Waals surface area contributed by atoms with Crippen molar-refractivity contribution < 1.29 is 14.8 Å². The molecule has 0 bridgehead atoms. The van der Waals surface area contributed by atoms with E-state index >= 15 is 0 Å². The van der Waals surface area contributed by atoms with E-state index in [-0.39, 0.29) is 11.6 Å². The van der Waals surface area contributed by atoms with Crippen LogP contribution in [-0.2, 0) is 10.2 Å². The molecule has 6 nitrogen and oxygen atoms in total. The summed E-state index contributed by atoms with van der Waals surface area (Å²) in [6.45, 7) is 7.30. The van der Waals surface area contributed by atoms with E-state index in [1.807, 2.05) is 13.8 Å². The molecule has 0 unspecified atom stereocenters. The van der Waals surface area contributed by atoms with Gasteiger partial charge in [0.15, 0.2) is 0 Å². The maximum atomic E-state index is 12.6. The third-order valence-corrected chi connectivity index (χ3v) is 3.88. The molecule has 0 spiro atoms. The van der Waals surface area contributed by atoms with Crippen LogP contribution in [0.5, 0.6) is 0 Å². The highest BCUT2D eigenvalue weighted by Crippen LogP contribution is 2.43. The largest absolute Gasteiger partial charge is 0.390 e. The highest BCUT2D eigenvalue weighted by atomic mass is 16.6. The molecule has 0 atom stereocenters. The van der Waals surface area contributed by atoms with Crippen LogP contribution >= 0.6 is 0 Å². The van der Waals surface area contributed by atoms with Crippen LogP contribution in [0.25, 0.3) is 0 Å². The number of carbonyl (C=O) groups is 1. The van der Waals surface area contributed by atoms with Gasteiger partial charge in [0.25, 0.3) is 5.69 Å². The Balaban J connectivity index is 2.43. The number of nitro benzene ring substituents is 1. The lowest BCUT2D eigenvalue weighted by atomic mass is 9.86. The fourth-order valence-corrected chi connectivity index (χ4v) is 2.55. The van der Waals surface area contributed by atoms with E-state index in [2.05, 4.69) is 0 Å². The van der Waals surface area contributed by atoms with Crippen LogP contribution in [0.4, 0.5) is 11.4 Å². The predicted molar refractivity (Wildman–Crippen MR) is 79.4 cm³/mol. The second-order valence-corrected chi connectivity index (χ2v) is 6.60. The van der Waals surface area contributed by atoms with Crippen LogP contribution in [0.2, 0.25) is 0 Å². The van der Waals surface area contributed by atoms with Crippen LogP contribution < -0.4 is 4.90 Å². The van der Waals surface area contributed by atoms with Crippen molar-refractivity contribution in [3.05, 3.63) is 33.9 Å². The molecule has 1 aromatic carbocycles. The Bertz CT molecular complexity index is 602. The van der Waals surface area contributed by atoms with Crippen LogP contribution in [0.15, 0.2) is 18.2 Å². The summed E-state index contributed by atoms with van der Waals surface area (Å²) in [6.07, 6.45) is 0.400. The van der Waals surface area contributed by atoms with E-state index < -0.39 is 15.9 Å². The second-order valence-electron chi connectivity index (χ2n) is 6.60. The maximum absolute atomic E-state index is 12.6. The van der Waals surface area contributed by atoms with Gasteiger partial charge in [-0.3, -0.25) is 14.9 Å². The van der Waals surface area contributed by atoms with E-state index in [9.17, 15) is 20.0 Å². The SMILES string of the molecule is CC(C)(O)CCN1C(=O)C(C)(C)c2ccc([N+](=O)[O-])cc21. The van der Waals surface area contributed by atoms with E-state index in [1.54, 1.807) is 24.8 Å². The van der Waals surface area contributed by atoms with Gasteiger partial charge in [-0.2, -0.15) is 0 Å². The summed E-state index contributed by atoms with van der Waals surface area (Å²) >= 11 is 0. The summed E-state index contributed by atoms with van der Waals surface area (Å²) in [6, 6.07) is 4.51. The normalized spacial score (nSPS) is 17.0. The first kappa shape index (κ1) is 15.4. The van der Waals surface area contributed by atoms with Crippen molar-refractivity contribution in [1.82, 2.24) is 0 Å². The quantitative estimate of drug-likeness (QED) is 0.682. The molecule has 2 rings (SSSR count). The summed E-state index contributed by atoms with van der Waals surface area (Å²) in [5, 5.41) is 20.8. The molecule has 114 valence electrons. The van der Waals surface area contributed by atoms with Gasteiger partial charge in [-0.15, -0.1) is 0 Å². The molecule has 1 heterocycles. The number of nitrogens with zero attached hydrogens (tertiary/aromatic N) is 2. The Morgan fingerprint density at radius 1 is 1.38 bits per heavy atom. The Morgan fingerprint density at radius 2 is 2.00 bits per heavy atom. The van der Waals surface area contributed by atoms with Crippen LogP contribution in [-0.4, -0.2) is 28.1 Å². The third-order valence-electron chi connectivity index (χ3n) is 3.88. The molecule has 0 radical (unpaired) electrons. The standard InChI is InChI=1S/C15H20N2O4/c1-14(2,19)7-8-16-12-9-10(17(20)21)5-6-11(12)15(3,4)13(16)18/h5-6,9,19H,7-8H2,1-4H3. The van der Waals surface area contributed by atoms with E-state index in [1.165, 1.54) is 12.1 Å². The van der Waals surface area contributed by atoms with Crippen LogP contribution in [0.1, 0.15) is 39.7 Å². The van der Waals surface area contributed by atoms with Gasteiger partial charge in [-0.1, -0.05) is 0 Å². The van der Waals surface area contributed by atoms with Crippen molar-refractivity contribution >= 4 is 17.3 Å². The Morgan fingerprint density at radius 3 is 2.52 bits per heavy atom. The molecule has 1 aromatic rings. The van der Waals surface area contributed by atoms with E-state index in [0.29, 0.717) is 18.7 Å². The number of amides is 1. The van der Waals surface area contributed by atoms with Crippen molar-refractivity contribution in [2.45, 2.75) is 45.1 Å². The number of anilines is 1. The summed E-state index contributed by atoms with van der Waals surface area (Å²) < 4.78 is 0. The van der Waals surface area contributed by atoms with Gasteiger partial charge < -0.3 is 10.0 Å². The van der Waals surface area contributed by atoms with Crippen molar-refractivity contribution in [2.24, 2.45) is 0 Å². The fraction of sp³-hybridized carbons (Fsp3) is 0.533. The monoisotopic (exact) mass is 292 g/mol. The zero-order valence-corrected chi connectivity index (χ0v) is 12.7. The lowest BCUT2D eigenvalue weighted by molar-refractivity contribution is -0.384. The fourth-order valence-electron chi connectivity index (χ4n) is 2.55. The van der Waals surface area contributed by atoms with Crippen LogP contribution in [0, 0.1) is 10.1 Å². The van der Waals surface area contributed by atoms with Crippen LogP contribution in [0.3, 0.4) is 0 Å². The first-order valence-electron chi connectivity index (χ1n) is 6.87. The number of non-ortho nitro benzene ring substituents is 1. The van der Waals surface area contributed by atoms with Gasteiger partial charge in [-0.25, -0.2) is 0 Å². The van der Waals surface area contributed by atoms with E-state index in [4.69, 9.17) is 0 Å². The average molecular weight is 292 g/mol. The molecule has 1 aliphatic rings. The van der Waals surface area contributed by atoms with Gasteiger partial charge in [0.2, 0.25) is 5.91 Å². The topological polar surface area (TPSA) is 83.7 Å². The Labute approximate surface area is 123 Å². The van der Waals surface area contributed by atoms with Crippen molar-refractivity contribution in [1.29, 1.82) is 0 Å². The number of rotatable bonds is 4. The number of hydrogen-bond donors (Lipinski definition) is 1. The van der Waals surface area contributed by atoms with Gasteiger partial charge in [0.1, 0.15) is 0 Å². The second kappa shape index (κ2) is 4.80. The summed E-state index contributed by atoms with van der Waals surface area (Å²) in [5.41, 5.74) is -0.275. The maximum Gasteiger partial charge on any atom is 0.271 e. The molecule has 1 amide bonds. The van der Waals surface area contributed by atoms with Gasteiger partial charge in [-0.05, 0) is 45.7 Å². The van der Waals surface area contributed by atoms with Crippen molar-refractivity contribution in [2.75, 3.05) is 11.4 Å². The highest BCUT2D eigenvalue weighted by molar-refractivity contribution is 6.07. The lowest BCUT2D eigenvalue weighted by Crippen LogP contribution is -2.39. The number of benzene rings is 1. The average Bonchev–Trinajstić information content (AvgIpc) is 2.54. The molecule has 0 fully saturated rings. The molecule has 0 saturated carbocycles. The minimum atomic E-state index is -0.895. The number of fused-ring (bicyclic) bond motifs is 1. The summed E-state index contributed by atoms with van der Waals surface area (Å²) in [5.74, 6) is -0.0951.